The second kappa shape index (κ2) is 17.9. The van der Waals surface area contributed by atoms with Gasteiger partial charge in [-0.05, 0) is 100 Å². The van der Waals surface area contributed by atoms with E-state index in [0.29, 0.717) is 76.1 Å². The van der Waals surface area contributed by atoms with Gasteiger partial charge in [0.05, 0.1) is 34.3 Å². The summed E-state index contributed by atoms with van der Waals surface area (Å²) in [6.07, 6.45) is 2.28. The molecule has 4 aliphatic rings. The van der Waals surface area contributed by atoms with E-state index in [0.717, 1.165) is 32.2 Å². The summed E-state index contributed by atoms with van der Waals surface area (Å²) in [5.41, 5.74) is 4.26. The molecule has 0 unspecified atom stereocenters. The van der Waals surface area contributed by atoms with Crippen LogP contribution in [0.5, 0.6) is 11.8 Å². The number of benzene rings is 2. The summed E-state index contributed by atoms with van der Waals surface area (Å²) in [5, 5.41) is 1.41. The van der Waals surface area contributed by atoms with Crippen LogP contribution in [0.15, 0.2) is 24.3 Å². The minimum atomic E-state index is -2.34. The van der Waals surface area contributed by atoms with Crippen LogP contribution in [0, 0.1) is 30.0 Å². The van der Waals surface area contributed by atoms with Gasteiger partial charge in [-0.3, -0.25) is 9.80 Å². The molecule has 4 fully saturated rings. The number of halogens is 3. The van der Waals surface area contributed by atoms with Crippen molar-refractivity contribution < 1.29 is 36.9 Å². The summed E-state index contributed by atoms with van der Waals surface area (Å²) < 4.78 is 72.9. The molecule has 0 saturated carbocycles. The van der Waals surface area contributed by atoms with E-state index < -0.39 is 37.0 Å². The number of ether oxygens (including phenoxy) is 4. The molecule has 4 aliphatic heterocycles. The fourth-order valence-corrected chi connectivity index (χ4v) is 16.9. The Balaban J connectivity index is 1.31. The van der Waals surface area contributed by atoms with Gasteiger partial charge in [-0.2, -0.15) is 9.97 Å². The minimum absolute atomic E-state index is 0.0174. The number of hydrogen-bond donors (Lipinski definition) is 0. The first kappa shape index (κ1) is 46.9. The second-order valence-corrected chi connectivity index (χ2v) is 26.2. The number of hydrogen-bond acceptors (Lipinski definition) is 10. The number of carbonyl (C=O) groups is 1. The molecule has 15 heteroatoms. The first-order chi connectivity index (χ1) is 30.8. The zero-order chi connectivity index (χ0) is 46.7. The number of carbonyl (C=O) groups excluding carboxylic acids is 1. The smallest absolute Gasteiger partial charge is 0.410 e. The quantitative estimate of drug-likeness (QED) is 0.0821. The van der Waals surface area contributed by atoms with E-state index in [1.54, 1.807) is 25.1 Å². The lowest BCUT2D eigenvalue weighted by atomic mass is 9.95. The van der Waals surface area contributed by atoms with Gasteiger partial charge in [-0.25, -0.2) is 22.9 Å². The molecule has 1 amide bonds. The highest BCUT2D eigenvalue weighted by molar-refractivity contribution is 6.90. The summed E-state index contributed by atoms with van der Waals surface area (Å²) in [4.78, 5) is 34.3. The molecule has 2 aromatic carbocycles. The second-order valence-electron chi connectivity index (χ2n) is 20.6. The number of amides is 1. The standard InChI is InChI=1S/C50H65F3N6O5Si/c1-29(2)65(30(3)4,31(5)6)20-17-38-40(52)16-13-33-21-37(63-28-61-11)22-39(42(33)38)44-43(53)45-41(32(7)54-44)46(56-47(55-45)62-27-50-18-12-19-58(50)24-34(51)23-50)57-25-35-14-15-36(26-57)59(35)48(60)64-49(8,9)10/h13,16,21-22,29-31,34-36H,12,14-15,18-19,23-28H2,1-11H3/t34-,35-,36+,50+/m1/s1. The summed E-state index contributed by atoms with van der Waals surface area (Å²) in [7, 11) is -0.822. The number of pyridine rings is 1. The van der Waals surface area contributed by atoms with E-state index in [1.165, 1.54) is 13.2 Å². The van der Waals surface area contributed by atoms with Gasteiger partial charge in [0.1, 0.15) is 55.0 Å². The molecule has 0 aliphatic carbocycles. The third-order valence-corrected chi connectivity index (χ3v) is 20.7. The Morgan fingerprint density at radius 1 is 0.954 bits per heavy atom. The van der Waals surface area contributed by atoms with Gasteiger partial charge in [0, 0.05) is 44.1 Å². The summed E-state index contributed by atoms with van der Waals surface area (Å²) in [5.74, 6) is 2.90. The maximum atomic E-state index is 18.1. The van der Waals surface area contributed by atoms with Crippen molar-refractivity contribution in [2.75, 3.05) is 51.6 Å². The van der Waals surface area contributed by atoms with Crippen molar-refractivity contribution in [2.45, 2.75) is 147 Å². The molecular formula is C50H65F3N6O5Si. The molecular weight excluding hydrogens is 850 g/mol. The van der Waals surface area contributed by atoms with E-state index in [9.17, 15) is 9.18 Å². The van der Waals surface area contributed by atoms with Crippen LogP contribution in [0.1, 0.15) is 106 Å². The largest absolute Gasteiger partial charge is 0.468 e. The number of methoxy groups -OCH3 is 1. The maximum Gasteiger partial charge on any atom is 0.410 e. The van der Waals surface area contributed by atoms with Gasteiger partial charge in [-0.15, -0.1) is 5.54 Å². The number of anilines is 1. The number of rotatable bonds is 11. The lowest BCUT2D eigenvalue weighted by Gasteiger charge is -2.42. The fraction of sp³-hybridized carbons (Fsp3) is 0.600. The Bertz CT molecular complexity index is 2500. The van der Waals surface area contributed by atoms with E-state index in [1.807, 2.05) is 25.7 Å². The zero-order valence-corrected chi connectivity index (χ0v) is 40.9. The van der Waals surface area contributed by atoms with Gasteiger partial charge in [0.25, 0.3) is 0 Å². The number of aromatic nitrogens is 3. The third kappa shape index (κ3) is 8.63. The van der Waals surface area contributed by atoms with Crippen molar-refractivity contribution in [1.29, 1.82) is 0 Å². The SMILES string of the molecule is COCOc1cc(-c2nc(C)c3c(N4C[C@H]5CC[C@@H](C4)N5C(=O)OC(C)(C)C)nc(OC[C@@]45CCCN4C[C@H](F)C5)nc3c2F)c2c(C#C[Si](C(C)C)(C(C)C)C(C)C)c(F)ccc2c1. The molecule has 65 heavy (non-hydrogen) atoms. The Morgan fingerprint density at radius 2 is 1.65 bits per heavy atom. The highest BCUT2D eigenvalue weighted by atomic mass is 28.3. The normalized spacial score (nSPS) is 22.4. The molecule has 2 bridgehead atoms. The Kier molecular flexibility index (Phi) is 12.9. The van der Waals surface area contributed by atoms with Crippen molar-refractivity contribution >= 4 is 41.7 Å². The summed E-state index contributed by atoms with van der Waals surface area (Å²) >= 11 is 0. The van der Waals surface area contributed by atoms with E-state index in [4.69, 9.17) is 33.9 Å². The predicted molar refractivity (Wildman–Crippen MR) is 251 cm³/mol. The molecule has 4 atom stereocenters. The Hall–Kier alpha value is -4.65. The van der Waals surface area contributed by atoms with Crippen molar-refractivity contribution in [3.8, 4) is 34.5 Å². The van der Waals surface area contributed by atoms with Crippen molar-refractivity contribution in [2.24, 2.45) is 0 Å². The van der Waals surface area contributed by atoms with Crippen LogP contribution in [0.25, 0.3) is 32.9 Å². The number of piperazine rings is 1. The minimum Gasteiger partial charge on any atom is -0.468 e. The molecule has 2 aromatic heterocycles. The lowest BCUT2D eigenvalue weighted by Crippen LogP contribution is -2.57. The van der Waals surface area contributed by atoms with Crippen LogP contribution in [0.3, 0.4) is 0 Å². The predicted octanol–water partition coefficient (Wildman–Crippen LogP) is 10.5. The third-order valence-electron chi connectivity index (χ3n) is 14.5. The number of fused-ring (bicyclic) bond motifs is 5. The Labute approximate surface area is 382 Å². The van der Waals surface area contributed by atoms with Crippen LogP contribution < -0.4 is 14.4 Å². The average Bonchev–Trinajstić information content (AvgIpc) is 3.86. The topological polar surface area (TPSA) is 102 Å². The molecule has 11 nitrogen and oxygen atoms in total. The van der Waals surface area contributed by atoms with Gasteiger partial charge in [0.2, 0.25) is 0 Å². The number of aryl methyl sites for hydroxylation is 1. The molecule has 4 saturated heterocycles. The monoisotopic (exact) mass is 914 g/mol. The molecule has 0 N–H and O–H groups in total. The van der Waals surface area contributed by atoms with Crippen molar-refractivity contribution in [1.82, 2.24) is 24.8 Å². The number of nitrogens with zero attached hydrogens (tertiary/aromatic N) is 6. The van der Waals surface area contributed by atoms with Crippen LogP contribution in [0.4, 0.5) is 23.8 Å². The molecule has 0 radical (unpaired) electrons. The molecule has 4 aromatic rings. The van der Waals surface area contributed by atoms with Crippen molar-refractivity contribution in [3.05, 3.63) is 47.2 Å². The van der Waals surface area contributed by atoms with Gasteiger partial charge in [0.15, 0.2) is 12.6 Å². The van der Waals surface area contributed by atoms with Crippen molar-refractivity contribution in [3.63, 3.8) is 0 Å². The number of alkyl halides is 1. The average molecular weight is 915 g/mol. The van der Waals surface area contributed by atoms with Crippen LogP contribution in [-0.2, 0) is 9.47 Å². The first-order valence-corrected chi connectivity index (χ1v) is 25.6. The first-order valence-electron chi connectivity index (χ1n) is 23.3. The van der Waals surface area contributed by atoms with Gasteiger partial charge < -0.3 is 23.8 Å². The Morgan fingerprint density at radius 3 is 2.29 bits per heavy atom. The lowest BCUT2D eigenvalue weighted by molar-refractivity contribution is 0.0122. The van der Waals surface area contributed by atoms with E-state index in [2.05, 4.69) is 62.8 Å². The molecule has 0 spiro atoms. The van der Waals surface area contributed by atoms with Gasteiger partial charge >= 0.3 is 12.1 Å². The van der Waals surface area contributed by atoms with Crippen LogP contribution >= 0.6 is 0 Å². The van der Waals surface area contributed by atoms with E-state index >= 15 is 8.78 Å². The van der Waals surface area contributed by atoms with E-state index in [-0.39, 0.29) is 59.9 Å². The highest BCUT2D eigenvalue weighted by Crippen LogP contribution is 2.45. The van der Waals surface area contributed by atoms with Gasteiger partial charge in [-0.1, -0.05) is 53.5 Å². The maximum absolute atomic E-state index is 18.1. The summed E-state index contributed by atoms with van der Waals surface area (Å²) in [6.45, 7) is 22.6. The fourth-order valence-electron chi connectivity index (χ4n) is 11.7. The molecule has 6 heterocycles. The molecule has 8 rings (SSSR count). The zero-order valence-electron chi connectivity index (χ0n) is 39.9. The van der Waals surface area contributed by atoms with Crippen LogP contribution in [-0.4, -0.2) is 115 Å². The van der Waals surface area contributed by atoms with Crippen LogP contribution in [0.2, 0.25) is 16.6 Å². The highest BCUT2D eigenvalue weighted by Gasteiger charge is 2.50. The molecule has 350 valence electrons. The summed E-state index contributed by atoms with van der Waals surface area (Å²) in [6, 6.07) is 6.12.